The van der Waals surface area contributed by atoms with E-state index in [1.54, 1.807) is 6.20 Å². The lowest BCUT2D eigenvalue weighted by atomic mass is 10.2. The molecule has 0 aliphatic rings. The molecule has 0 atom stereocenters. The van der Waals surface area contributed by atoms with E-state index in [1.165, 1.54) is 25.7 Å². The van der Waals surface area contributed by atoms with Gasteiger partial charge in [-0.15, -0.1) is 0 Å². The summed E-state index contributed by atoms with van der Waals surface area (Å²) in [6.07, 6.45) is 7.69. The van der Waals surface area contributed by atoms with Crippen LogP contribution in [-0.2, 0) is 0 Å². The number of H-pyrrole nitrogens is 1. The molecule has 5 nitrogen and oxygen atoms in total. The van der Waals surface area contributed by atoms with Crippen molar-refractivity contribution in [3.8, 4) is 11.4 Å². The second-order valence-electron chi connectivity index (χ2n) is 6.52. The molecule has 0 saturated heterocycles. The second-order valence-corrected chi connectivity index (χ2v) is 6.93. The zero-order valence-corrected chi connectivity index (χ0v) is 16.3. The topological polar surface area (TPSA) is 57.7 Å². The Balaban J connectivity index is 1.94. The summed E-state index contributed by atoms with van der Waals surface area (Å²) >= 11 is 6.47. The number of hydrogen-bond donors (Lipinski definition) is 1. The quantitative estimate of drug-likeness (QED) is 0.506. The lowest BCUT2D eigenvalue weighted by Crippen LogP contribution is -2.26. The summed E-state index contributed by atoms with van der Waals surface area (Å²) in [6.45, 7) is 6.48. The molecule has 6 heteroatoms. The number of nitrogens with zero attached hydrogens (tertiary/aromatic N) is 4. The Bertz CT molecular complexity index is 845. The van der Waals surface area contributed by atoms with Gasteiger partial charge in [0.25, 0.3) is 0 Å². The molecule has 26 heavy (non-hydrogen) atoms. The minimum absolute atomic E-state index is 0.618. The largest absolute Gasteiger partial charge is 0.357 e. The van der Waals surface area contributed by atoms with Crippen LogP contribution in [0.4, 0.5) is 5.82 Å². The number of anilines is 1. The van der Waals surface area contributed by atoms with E-state index in [-0.39, 0.29) is 0 Å². The highest BCUT2D eigenvalue weighted by atomic mass is 35.5. The number of aromatic nitrogens is 4. The number of pyridine rings is 2. The maximum Gasteiger partial charge on any atom is 0.181 e. The lowest BCUT2D eigenvalue weighted by molar-refractivity contribution is 0.648. The van der Waals surface area contributed by atoms with Crippen LogP contribution in [0.2, 0.25) is 5.02 Å². The lowest BCUT2D eigenvalue weighted by Gasteiger charge is -2.24. The normalized spacial score (nSPS) is 11.2. The molecule has 0 aliphatic heterocycles. The Morgan fingerprint density at radius 3 is 2.65 bits per heavy atom. The molecular formula is C20H26ClN5. The number of rotatable bonds is 9. The van der Waals surface area contributed by atoms with E-state index in [9.17, 15) is 0 Å². The number of unbranched alkanes of at least 4 members (excludes halogenated alkanes) is 3. The van der Waals surface area contributed by atoms with Gasteiger partial charge in [-0.25, -0.2) is 9.97 Å². The zero-order chi connectivity index (χ0) is 18.4. The molecule has 3 heterocycles. The molecule has 0 unspecified atom stereocenters. The zero-order valence-electron chi connectivity index (χ0n) is 15.5. The average Bonchev–Trinajstić information content (AvgIpc) is 3.09. The van der Waals surface area contributed by atoms with Crippen LogP contribution in [0.25, 0.3) is 22.4 Å². The maximum absolute atomic E-state index is 6.47. The van der Waals surface area contributed by atoms with Crippen molar-refractivity contribution in [3.05, 3.63) is 35.5 Å². The van der Waals surface area contributed by atoms with E-state index < -0.39 is 0 Å². The fourth-order valence-corrected chi connectivity index (χ4v) is 3.26. The van der Waals surface area contributed by atoms with Gasteiger partial charge in [0.15, 0.2) is 5.65 Å². The van der Waals surface area contributed by atoms with Crippen molar-refractivity contribution >= 4 is 28.5 Å². The average molecular weight is 372 g/mol. The minimum Gasteiger partial charge on any atom is -0.357 e. The third-order valence-electron chi connectivity index (χ3n) is 4.53. The van der Waals surface area contributed by atoms with Gasteiger partial charge in [0, 0.05) is 24.7 Å². The molecular weight excluding hydrogens is 346 g/mol. The minimum atomic E-state index is 0.618. The molecule has 0 radical (unpaired) electrons. The molecule has 0 aromatic carbocycles. The summed E-state index contributed by atoms with van der Waals surface area (Å²) in [4.78, 5) is 11.5. The molecule has 0 fully saturated rings. The van der Waals surface area contributed by atoms with Crippen LogP contribution in [0.15, 0.2) is 30.5 Å². The smallest absolute Gasteiger partial charge is 0.181 e. The van der Waals surface area contributed by atoms with Crippen molar-refractivity contribution in [2.45, 2.75) is 46.0 Å². The molecule has 3 aromatic heterocycles. The van der Waals surface area contributed by atoms with Crippen LogP contribution in [0, 0.1) is 0 Å². The van der Waals surface area contributed by atoms with Gasteiger partial charge in [0.2, 0.25) is 0 Å². The first-order valence-corrected chi connectivity index (χ1v) is 9.83. The van der Waals surface area contributed by atoms with E-state index in [4.69, 9.17) is 16.6 Å². The summed E-state index contributed by atoms with van der Waals surface area (Å²) in [5.74, 6) is 0.973. The fourth-order valence-electron chi connectivity index (χ4n) is 3.06. The summed E-state index contributed by atoms with van der Waals surface area (Å²) in [5.41, 5.74) is 2.23. The Labute approximate surface area is 159 Å². The van der Waals surface area contributed by atoms with Crippen LogP contribution >= 0.6 is 11.6 Å². The van der Waals surface area contributed by atoms with Gasteiger partial charge in [-0.05, 0) is 37.1 Å². The number of nitrogens with one attached hydrogen (secondary N) is 1. The SMILES string of the molecule is CCCCCN(CCCC)c1ccc(Cl)c(-c2[nH]nc3ncccc23)n1. The molecule has 0 saturated carbocycles. The number of hydrogen-bond acceptors (Lipinski definition) is 4. The van der Waals surface area contributed by atoms with Gasteiger partial charge in [-0.2, -0.15) is 5.10 Å². The fraction of sp³-hybridized carbons (Fsp3) is 0.450. The van der Waals surface area contributed by atoms with E-state index in [1.807, 2.05) is 24.3 Å². The van der Waals surface area contributed by atoms with Crippen molar-refractivity contribution < 1.29 is 0 Å². The summed E-state index contributed by atoms with van der Waals surface area (Å²) in [6, 6.07) is 7.84. The highest BCUT2D eigenvalue weighted by molar-refractivity contribution is 6.33. The Kier molecular flexibility index (Phi) is 6.45. The van der Waals surface area contributed by atoms with Gasteiger partial charge in [-0.1, -0.05) is 44.7 Å². The first kappa shape index (κ1) is 18.6. The van der Waals surface area contributed by atoms with Crippen molar-refractivity contribution in [2.24, 2.45) is 0 Å². The first-order valence-electron chi connectivity index (χ1n) is 9.45. The van der Waals surface area contributed by atoms with Crippen molar-refractivity contribution in [1.29, 1.82) is 0 Å². The van der Waals surface area contributed by atoms with Gasteiger partial charge >= 0.3 is 0 Å². The second kappa shape index (κ2) is 8.99. The standard InChI is InChI=1S/C20H26ClN5/c1-3-5-7-14-26(13-6-4-2)17-11-10-16(21)19(23-17)18-15-9-8-12-22-20(15)25-24-18/h8-12H,3-7,13-14H2,1-2H3,(H,22,24,25). The summed E-state index contributed by atoms with van der Waals surface area (Å²) in [7, 11) is 0. The molecule has 1 N–H and O–H groups in total. The Morgan fingerprint density at radius 2 is 1.85 bits per heavy atom. The molecule has 0 amide bonds. The van der Waals surface area contributed by atoms with Gasteiger partial charge < -0.3 is 4.90 Å². The third-order valence-corrected chi connectivity index (χ3v) is 4.84. The summed E-state index contributed by atoms with van der Waals surface area (Å²) in [5, 5.41) is 8.88. The van der Waals surface area contributed by atoms with Crippen LogP contribution in [0.3, 0.4) is 0 Å². The third kappa shape index (κ3) is 4.15. The first-order chi connectivity index (χ1) is 12.7. The van der Waals surface area contributed by atoms with E-state index in [0.29, 0.717) is 10.7 Å². The number of fused-ring (bicyclic) bond motifs is 1. The van der Waals surface area contributed by atoms with Gasteiger partial charge in [-0.3, -0.25) is 5.10 Å². The number of aromatic amines is 1. The molecule has 0 spiro atoms. The van der Waals surface area contributed by atoms with Gasteiger partial charge in [0.1, 0.15) is 11.5 Å². The van der Waals surface area contributed by atoms with Crippen LogP contribution in [-0.4, -0.2) is 33.3 Å². The van der Waals surface area contributed by atoms with Crippen molar-refractivity contribution in [2.75, 3.05) is 18.0 Å². The maximum atomic E-state index is 6.47. The number of halogens is 1. The van der Waals surface area contributed by atoms with E-state index >= 15 is 0 Å². The molecule has 138 valence electrons. The molecule has 3 aromatic rings. The van der Waals surface area contributed by atoms with E-state index in [2.05, 4.69) is 33.9 Å². The molecule has 0 aliphatic carbocycles. The predicted octanol–water partition coefficient (Wildman–Crippen LogP) is 5.47. The Hall–Kier alpha value is -2.14. The van der Waals surface area contributed by atoms with Crippen LogP contribution < -0.4 is 4.90 Å². The molecule has 3 rings (SSSR count). The Morgan fingerprint density at radius 1 is 1.04 bits per heavy atom. The highest BCUT2D eigenvalue weighted by Crippen LogP contribution is 2.31. The summed E-state index contributed by atoms with van der Waals surface area (Å²) < 4.78 is 0. The van der Waals surface area contributed by atoms with Crippen LogP contribution in [0.1, 0.15) is 46.0 Å². The van der Waals surface area contributed by atoms with Crippen molar-refractivity contribution in [1.82, 2.24) is 20.2 Å². The predicted molar refractivity (Wildman–Crippen MR) is 109 cm³/mol. The van der Waals surface area contributed by atoms with Crippen molar-refractivity contribution in [3.63, 3.8) is 0 Å². The molecule has 0 bridgehead atoms. The monoisotopic (exact) mass is 371 g/mol. The van der Waals surface area contributed by atoms with E-state index in [0.717, 1.165) is 42.1 Å². The van der Waals surface area contributed by atoms with Gasteiger partial charge in [0.05, 0.1) is 10.7 Å². The van der Waals surface area contributed by atoms with Crippen LogP contribution in [0.5, 0.6) is 0 Å². The highest BCUT2D eigenvalue weighted by Gasteiger charge is 2.16.